The van der Waals surface area contributed by atoms with Crippen LogP contribution in [0.3, 0.4) is 0 Å². The van der Waals surface area contributed by atoms with Crippen molar-refractivity contribution >= 4 is 29.1 Å². The smallest absolute Gasteiger partial charge is 0.313 e. The molecule has 2 aromatic rings. The molecule has 0 fully saturated rings. The highest BCUT2D eigenvalue weighted by Gasteiger charge is 2.28. The van der Waals surface area contributed by atoms with Gasteiger partial charge in [-0.25, -0.2) is 4.39 Å². The Hall–Kier alpha value is -2.38. The molecule has 8 heteroatoms. The van der Waals surface area contributed by atoms with E-state index >= 15 is 0 Å². The second-order valence-corrected chi connectivity index (χ2v) is 5.42. The lowest BCUT2D eigenvalue weighted by Crippen LogP contribution is -2.43. The van der Waals surface area contributed by atoms with Crippen LogP contribution >= 0.6 is 11.6 Å². The van der Waals surface area contributed by atoms with Crippen LogP contribution in [0, 0.1) is 5.82 Å². The molecule has 0 aliphatic heterocycles. The van der Waals surface area contributed by atoms with Gasteiger partial charge < -0.3 is 20.2 Å². The average molecular weight is 341 g/mol. The monoisotopic (exact) mass is 340 g/mol. The molecule has 23 heavy (non-hydrogen) atoms. The SMILES string of the molecule is C[C@](O)(CNC(=O)C(=O)Nc1ccc(F)c(Cl)c1)c1ccco1. The molecule has 1 aromatic heterocycles. The molecule has 1 atom stereocenters. The molecule has 0 aliphatic carbocycles. The maximum atomic E-state index is 13.0. The summed E-state index contributed by atoms with van der Waals surface area (Å²) in [5.74, 6) is -2.31. The number of carbonyl (C=O) groups is 2. The minimum absolute atomic E-state index is 0.175. The zero-order valence-corrected chi connectivity index (χ0v) is 12.9. The van der Waals surface area contributed by atoms with Gasteiger partial charge >= 0.3 is 11.8 Å². The Morgan fingerprint density at radius 1 is 1.35 bits per heavy atom. The van der Waals surface area contributed by atoms with Crippen molar-refractivity contribution in [2.24, 2.45) is 0 Å². The minimum Gasteiger partial charge on any atom is -0.466 e. The molecule has 0 bridgehead atoms. The van der Waals surface area contributed by atoms with E-state index in [2.05, 4.69) is 10.6 Å². The standard InChI is InChI=1S/C15H14ClFN2O4/c1-15(22,12-3-2-6-23-12)8-18-13(20)14(21)19-9-4-5-11(17)10(16)7-9/h2-7,22H,8H2,1H3,(H,18,20)(H,19,21)/t15-/m0/s1. The quantitative estimate of drug-likeness (QED) is 0.743. The van der Waals surface area contributed by atoms with Gasteiger partial charge in [-0.15, -0.1) is 0 Å². The van der Waals surface area contributed by atoms with Crippen molar-refractivity contribution < 1.29 is 23.5 Å². The first-order valence-corrected chi connectivity index (χ1v) is 6.98. The summed E-state index contributed by atoms with van der Waals surface area (Å²) in [7, 11) is 0. The lowest BCUT2D eigenvalue weighted by Gasteiger charge is -2.20. The van der Waals surface area contributed by atoms with Crippen molar-refractivity contribution in [3.05, 3.63) is 53.2 Å². The van der Waals surface area contributed by atoms with E-state index in [0.29, 0.717) is 0 Å². The van der Waals surface area contributed by atoms with Crippen molar-refractivity contribution in [1.29, 1.82) is 0 Å². The summed E-state index contributed by atoms with van der Waals surface area (Å²) < 4.78 is 18.1. The Morgan fingerprint density at radius 2 is 2.09 bits per heavy atom. The van der Waals surface area contributed by atoms with Crippen LogP contribution in [0.4, 0.5) is 10.1 Å². The van der Waals surface area contributed by atoms with Gasteiger partial charge in [0.15, 0.2) is 0 Å². The molecule has 0 saturated carbocycles. The van der Waals surface area contributed by atoms with Gasteiger partial charge in [-0.2, -0.15) is 0 Å². The Balaban J connectivity index is 1.92. The summed E-state index contributed by atoms with van der Waals surface area (Å²) in [6.45, 7) is 1.21. The topological polar surface area (TPSA) is 91.6 Å². The van der Waals surface area contributed by atoms with Gasteiger partial charge in [0.2, 0.25) is 0 Å². The van der Waals surface area contributed by atoms with E-state index in [-0.39, 0.29) is 23.0 Å². The van der Waals surface area contributed by atoms with Crippen LogP contribution in [0.1, 0.15) is 12.7 Å². The highest BCUT2D eigenvalue weighted by Crippen LogP contribution is 2.20. The third kappa shape index (κ3) is 4.30. The molecule has 2 amide bonds. The molecule has 0 saturated heterocycles. The van der Waals surface area contributed by atoms with E-state index in [1.807, 2.05) is 0 Å². The highest BCUT2D eigenvalue weighted by molar-refractivity contribution is 6.39. The lowest BCUT2D eigenvalue weighted by atomic mass is 10.0. The van der Waals surface area contributed by atoms with Crippen LogP contribution in [0.25, 0.3) is 0 Å². The molecular weight excluding hydrogens is 327 g/mol. The fourth-order valence-electron chi connectivity index (χ4n) is 1.77. The fourth-order valence-corrected chi connectivity index (χ4v) is 1.95. The zero-order valence-electron chi connectivity index (χ0n) is 12.1. The zero-order chi connectivity index (χ0) is 17.0. The number of hydrogen-bond acceptors (Lipinski definition) is 4. The van der Waals surface area contributed by atoms with E-state index in [9.17, 15) is 19.1 Å². The fraction of sp³-hybridized carbons (Fsp3) is 0.200. The number of amides is 2. The van der Waals surface area contributed by atoms with Gasteiger partial charge in [0.05, 0.1) is 17.8 Å². The molecule has 2 rings (SSSR count). The van der Waals surface area contributed by atoms with E-state index in [0.717, 1.165) is 6.07 Å². The summed E-state index contributed by atoms with van der Waals surface area (Å²) in [6.07, 6.45) is 1.39. The lowest BCUT2D eigenvalue weighted by molar-refractivity contribution is -0.136. The average Bonchev–Trinajstić information content (AvgIpc) is 3.04. The van der Waals surface area contributed by atoms with E-state index in [1.165, 1.54) is 25.3 Å². The molecule has 0 spiro atoms. The molecule has 0 radical (unpaired) electrons. The number of carbonyl (C=O) groups excluding carboxylic acids is 2. The third-order valence-electron chi connectivity index (χ3n) is 3.03. The summed E-state index contributed by atoms with van der Waals surface area (Å²) in [4.78, 5) is 23.5. The Bertz CT molecular complexity index is 716. The van der Waals surface area contributed by atoms with Crippen molar-refractivity contribution in [3.63, 3.8) is 0 Å². The number of nitrogens with one attached hydrogen (secondary N) is 2. The van der Waals surface area contributed by atoms with Crippen molar-refractivity contribution in [1.82, 2.24) is 5.32 Å². The van der Waals surface area contributed by atoms with Gasteiger partial charge in [-0.3, -0.25) is 9.59 Å². The van der Waals surface area contributed by atoms with E-state index in [4.69, 9.17) is 16.0 Å². The van der Waals surface area contributed by atoms with E-state index in [1.54, 1.807) is 12.1 Å². The van der Waals surface area contributed by atoms with Gasteiger partial charge in [-0.05, 0) is 37.3 Å². The van der Waals surface area contributed by atoms with Gasteiger partial charge in [0, 0.05) is 5.69 Å². The minimum atomic E-state index is -1.46. The molecule has 0 aliphatic rings. The van der Waals surface area contributed by atoms with Crippen LogP contribution in [-0.4, -0.2) is 23.5 Å². The Morgan fingerprint density at radius 3 is 2.70 bits per heavy atom. The molecule has 0 unspecified atom stereocenters. The van der Waals surface area contributed by atoms with Gasteiger partial charge in [0.25, 0.3) is 0 Å². The third-order valence-corrected chi connectivity index (χ3v) is 3.32. The molecule has 1 aromatic carbocycles. The molecule has 1 heterocycles. The second kappa shape index (κ2) is 6.80. The predicted octanol–water partition coefficient (Wildman–Crippen LogP) is 2.03. The van der Waals surface area contributed by atoms with Crippen molar-refractivity contribution in [3.8, 4) is 0 Å². The summed E-state index contributed by atoms with van der Waals surface area (Å²) in [6, 6.07) is 6.66. The number of aliphatic hydroxyl groups is 1. The molecule has 122 valence electrons. The maximum Gasteiger partial charge on any atom is 0.313 e. The number of anilines is 1. The number of halogens is 2. The van der Waals surface area contributed by atoms with Crippen molar-refractivity contribution in [2.75, 3.05) is 11.9 Å². The number of benzene rings is 1. The van der Waals surface area contributed by atoms with Crippen LogP contribution in [0.2, 0.25) is 5.02 Å². The molecule has 3 N–H and O–H groups in total. The van der Waals surface area contributed by atoms with Crippen molar-refractivity contribution in [2.45, 2.75) is 12.5 Å². The summed E-state index contributed by atoms with van der Waals surface area (Å²) >= 11 is 5.58. The maximum absolute atomic E-state index is 13.0. The van der Waals surface area contributed by atoms with Gasteiger partial charge in [0.1, 0.15) is 17.2 Å². The first-order chi connectivity index (χ1) is 10.8. The van der Waals surface area contributed by atoms with Crippen LogP contribution in [0.15, 0.2) is 41.0 Å². The van der Waals surface area contributed by atoms with Crippen LogP contribution in [0.5, 0.6) is 0 Å². The summed E-state index contributed by atoms with van der Waals surface area (Å²) in [5, 5.41) is 14.5. The Labute approximate surface area is 136 Å². The number of furan rings is 1. The number of rotatable bonds is 4. The molecule has 6 nitrogen and oxygen atoms in total. The molecular formula is C15H14ClFN2O4. The first-order valence-electron chi connectivity index (χ1n) is 6.60. The normalized spacial score (nSPS) is 13.2. The van der Waals surface area contributed by atoms with E-state index < -0.39 is 23.2 Å². The largest absolute Gasteiger partial charge is 0.466 e. The number of hydrogen-bond donors (Lipinski definition) is 3. The Kier molecular flexibility index (Phi) is 5.02. The van der Waals surface area contributed by atoms with Crippen LogP contribution in [-0.2, 0) is 15.2 Å². The summed E-state index contributed by atoms with van der Waals surface area (Å²) in [5.41, 5.74) is -1.28. The highest BCUT2D eigenvalue weighted by atomic mass is 35.5. The van der Waals surface area contributed by atoms with Gasteiger partial charge in [-0.1, -0.05) is 11.6 Å². The van der Waals surface area contributed by atoms with Crippen LogP contribution < -0.4 is 10.6 Å². The predicted molar refractivity (Wildman–Crippen MR) is 81.3 cm³/mol. The second-order valence-electron chi connectivity index (χ2n) is 5.02. The first kappa shape index (κ1) is 17.0.